The number of methoxy groups -OCH3 is 1. The summed E-state index contributed by atoms with van der Waals surface area (Å²) in [5.41, 5.74) is 2.85. The van der Waals surface area contributed by atoms with Crippen LogP contribution in [0.4, 0.5) is 5.69 Å². The standard InChI is InChI=1S/C19H20ClN3O5/c1-4-12(2)28-18-16(20)8-13(9-17(18)27-3)11-21-22-19(24)14-6-5-7-15(10-14)23(25)26/h5-12H,4H2,1-3H3,(H,22,24)/b21-11-/t12-/m0/s1. The van der Waals surface area contributed by atoms with Gasteiger partial charge >= 0.3 is 0 Å². The molecule has 148 valence electrons. The Labute approximate surface area is 167 Å². The summed E-state index contributed by atoms with van der Waals surface area (Å²) in [6, 6.07) is 8.66. The lowest BCUT2D eigenvalue weighted by Crippen LogP contribution is -2.17. The van der Waals surface area contributed by atoms with Crippen LogP contribution in [-0.2, 0) is 0 Å². The monoisotopic (exact) mass is 405 g/mol. The van der Waals surface area contributed by atoms with E-state index in [1.54, 1.807) is 12.1 Å². The Hall–Kier alpha value is -3.13. The average molecular weight is 406 g/mol. The minimum absolute atomic E-state index is 0.0277. The van der Waals surface area contributed by atoms with E-state index < -0.39 is 10.8 Å². The number of carbonyl (C=O) groups excluding carboxylic acids is 1. The number of benzene rings is 2. The second-order valence-electron chi connectivity index (χ2n) is 5.88. The first kappa shape index (κ1) is 21.2. The van der Waals surface area contributed by atoms with Crippen LogP contribution in [0.25, 0.3) is 0 Å². The molecule has 28 heavy (non-hydrogen) atoms. The fourth-order valence-corrected chi connectivity index (χ4v) is 2.47. The first-order valence-electron chi connectivity index (χ1n) is 8.47. The Morgan fingerprint density at radius 1 is 1.39 bits per heavy atom. The number of nitrogens with one attached hydrogen (secondary N) is 1. The van der Waals surface area contributed by atoms with Crippen molar-refractivity contribution in [2.24, 2.45) is 5.10 Å². The van der Waals surface area contributed by atoms with Crippen molar-refractivity contribution in [2.45, 2.75) is 26.4 Å². The first-order valence-corrected chi connectivity index (χ1v) is 8.85. The lowest BCUT2D eigenvalue weighted by Gasteiger charge is -2.17. The van der Waals surface area contributed by atoms with E-state index in [9.17, 15) is 14.9 Å². The summed E-state index contributed by atoms with van der Waals surface area (Å²) in [5, 5.41) is 15.0. The van der Waals surface area contributed by atoms with E-state index in [1.165, 1.54) is 37.6 Å². The average Bonchev–Trinajstić information content (AvgIpc) is 2.69. The van der Waals surface area contributed by atoms with E-state index in [0.717, 1.165) is 6.42 Å². The number of rotatable bonds is 8. The van der Waals surface area contributed by atoms with Gasteiger partial charge in [-0.1, -0.05) is 24.6 Å². The first-order chi connectivity index (χ1) is 13.3. The van der Waals surface area contributed by atoms with Crippen molar-refractivity contribution in [2.75, 3.05) is 7.11 Å². The number of halogens is 1. The van der Waals surface area contributed by atoms with Crippen LogP contribution in [0.3, 0.4) is 0 Å². The number of ether oxygens (including phenoxy) is 2. The zero-order valence-electron chi connectivity index (χ0n) is 15.6. The summed E-state index contributed by atoms with van der Waals surface area (Å²) < 4.78 is 11.1. The van der Waals surface area contributed by atoms with Gasteiger partial charge in [-0.3, -0.25) is 14.9 Å². The number of hydrogen-bond donors (Lipinski definition) is 1. The van der Waals surface area contributed by atoms with Crippen LogP contribution in [0.1, 0.15) is 36.2 Å². The summed E-state index contributed by atoms with van der Waals surface area (Å²) in [4.78, 5) is 22.3. The number of nitro groups is 1. The van der Waals surface area contributed by atoms with E-state index in [1.807, 2.05) is 13.8 Å². The molecule has 2 aromatic rings. The third-order valence-electron chi connectivity index (χ3n) is 3.84. The third-order valence-corrected chi connectivity index (χ3v) is 4.13. The van der Waals surface area contributed by atoms with Crippen molar-refractivity contribution in [3.8, 4) is 11.5 Å². The number of amides is 1. The van der Waals surface area contributed by atoms with Crippen LogP contribution >= 0.6 is 11.6 Å². The molecule has 0 aromatic heterocycles. The molecule has 0 fully saturated rings. The maximum absolute atomic E-state index is 12.1. The summed E-state index contributed by atoms with van der Waals surface area (Å²) >= 11 is 6.28. The van der Waals surface area contributed by atoms with Gasteiger partial charge in [-0.2, -0.15) is 5.10 Å². The van der Waals surface area contributed by atoms with Gasteiger partial charge in [-0.15, -0.1) is 0 Å². The van der Waals surface area contributed by atoms with Gasteiger partial charge in [0.2, 0.25) is 0 Å². The third kappa shape index (κ3) is 5.43. The van der Waals surface area contributed by atoms with Crippen LogP contribution in [0.15, 0.2) is 41.5 Å². The molecular weight excluding hydrogens is 386 g/mol. The molecular formula is C19H20ClN3O5. The number of non-ortho nitro benzene ring substituents is 1. The molecule has 0 aliphatic heterocycles. The molecule has 1 amide bonds. The predicted octanol–water partition coefficient (Wildman–Crippen LogP) is 4.20. The second kappa shape index (κ2) is 9.70. The Balaban J connectivity index is 2.13. The van der Waals surface area contributed by atoms with Gasteiger partial charge in [-0.05, 0) is 37.1 Å². The molecule has 0 saturated heterocycles. The molecule has 0 heterocycles. The van der Waals surface area contributed by atoms with Crippen molar-refractivity contribution >= 4 is 29.4 Å². The fraction of sp³-hybridized carbons (Fsp3) is 0.263. The van der Waals surface area contributed by atoms with Gasteiger partial charge in [-0.25, -0.2) is 5.43 Å². The van der Waals surface area contributed by atoms with Gasteiger partial charge < -0.3 is 9.47 Å². The number of nitro benzene ring substituents is 1. The SMILES string of the molecule is CC[C@H](C)Oc1c(Cl)cc(/C=N\NC(=O)c2cccc([N+](=O)[O-])c2)cc1OC. The molecule has 0 spiro atoms. The maximum atomic E-state index is 12.1. The van der Waals surface area contributed by atoms with E-state index in [4.69, 9.17) is 21.1 Å². The van der Waals surface area contributed by atoms with Crippen LogP contribution < -0.4 is 14.9 Å². The molecule has 2 aromatic carbocycles. The minimum Gasteiger partial charge on any atom is -0.493 e. The Bertz CT molecular complexity index is 901. The van der Waals surface area contributed by atoms with Crippen LogP contribution in [0.2, 0.25) is 5.02 Å². The number of nitrogens with zero attached hydrogens (tertiary/aromatic N) is 2. The quantitative estimate of drug-likeness (QED) is 0.402. The molecule has 9 heteroatoms. The van der Waals surface area contributed by atoms with Crippen molar-refractivity contribution < 1.29 is 19.2 Å². The Kier molecular flexibility index (Phi) is 7.34. The normalized spacial score (nSPS) is 11.9. The summed E-state index contributed by atoms with van der Waals surface area (Å²) in [5.74, 6) is 0.310. The zero-order valence-corrected chi connectivity index (χ0v) is 16.4. The van der Waals surface area contributed by atoms with Crippen molar-refractivity contribution in [1.29, 1.82) is 0 Å². The molecule has 0 aliphatic carbocycles. The molecule has 0 aliphatic rings. The highest BCUT2D eigenvalue weighted by atomic mass is 35.5. The highest BCUT2D eigenvalue weighted by molar-refractivity contribution is 6.32. The fourth-order valence-electron chi connectivity index (χ4n) is 2.20. The second-order valence-corrected chi connectivity index (χ2v) is 6.28. The van der Waals surface area contributed by atoms with Gasteiger partial charge in [0.25, 0.3) is 11.6 Å². The largest absolute Gasteiger partial charge is 0.493 e. The molecule has 1 atom stereocenters. The molecule has 8 nitrogen and oxygen atoms in total. The Morgan fingerprint density at radius 2 is 2.14 bits per heavy atom. The maximum Gasteiger partial charge on any atom is 0.271 e. The molecule has 0 saturated carbocycles. The van der Waals surface area contributed by atoms with Gasteiger partial charge in [0.1, 0.15) is 0 Å². The molecule has 2 rings (SSSR count). The van der Waals surface area contributed by atoms with Crippen LogP contribution in [0.5, 0.6) is 11.5 Å². The van der Waals surface area contributed by atoms with E-state index in [-0.39, 0.29) is 17.4 Å². The van der Waals surface area contributed by atoms with Gasteiger partial charge in [0.05, 0.1) is 29.4 Å². The number of hydrazone groups is 1. The van der Waals surface area contributed by atoms with E-state index in [0.29, 0.717) is 22.1 Å². The highest BCUT2D eigenvalue weighted by Gasteiger charge is 2.14. The minimum atomic E-state index is -0.574. The topological polar surface area (TPSA) is 103 Å². The number of carbonyl (C=O) groups is 1. The van der Waals surface area contributed by atoms with E-state index >= 15 is 0 Å². The molecule has 0 radical (unpaired) electrons. The van der Waals surface area contributed by atoms with Crippen molar-refractivity contribution in [3.05, 3.63) is 62.7 Å². The van der Waals surface area contributed by atoms with E-state index in [2.05, 4.69) is 10.5 Å². The van der Waals surface area contributed by atoms with Gasteiger partial charge in [0.15, 0.2) is 11.5 Å². The summed E-state index contributed by atoms with van der Waals surface area (Å²) in [7, 11) is 1.50. The molecule has 0 unspecified atom stereocenters. The summed E-state index contributed by atoms with van der Waals surface area (Å²) in [6.07, 6.45) is 2.17. The Morgan fingerprint density at radius 3 is 2.79 bits per heavy atom. The molecule has 1 N–H and O–H groups in total. The predicted molar refractivity (Wildman–Crippen MR) is 107 cm³/mol. The number of hydrogen-bond acceptors (Lipinski definition) is 6. The van der Waals surface area contributed by atoms with Gasteiger partial charge in [0, 0.05) is 17.7 Å². The van der Waals surface area contributed by atoms with Crippen molar-refractivity contribution in [1.82, 2.24) is 5.43 Å². The lowest BCUT2D eigenvalue weighted by atomic mass is 10.2. The lowest BCUT2D eigenvalue weighted by molar-refractivity contribution is -0.384. The molecule has 0 bridgehead atoms. The summed E-state index contributed by atoms with van der Waals surface area (Å²) in [6.45, 7) is 3.92. The van der Waals surface area contributed by atoms with Crippen LogP contribution in [0, 0.1) is 10.1 Å². The zero-order chi connectivity index (χ0) is 20.7. The smallest absolute Gasteiger partial charge is 0.271 e. The highest BCUT2D eigenvalue weighted by Crippen LogP contribution is 2.37. The van der Waals surface area contributed by atoms with Crippen LogP contribution in [-0.4, -0.2) is 30.3 Å². The van der Waals surface area contributed by atoms with Crippen molar-refractivity contribution in [3.63, 3.8) is 0 Å².